The molecule has 3 heteroatoms. The van der Waals surface area contributed by atoms with E-state index in [2.05, 4.69) is 15.9 Å². The van der Waals surface area contributed by atoms with Crippen molar-refractivity contribution in [2.24, 2.45) is 7.05 Å². The first-order chi connectivity index (χ1) is 7.18. The van der Waals surface area contributed by atoms with Crippen LogP contribution in [-0.4, -0.2) is 4.57 Å². The van der Waals surface area contributed by atoms with E-state index in [4.69, 9.17) is 0 Å². The molecule has 0 bridgehead atoms. The third-order valence-corrected chi connectivity index (χ3v) is 2.67. The Morgan fingerprint density at radius 1 is 1.20 bits per heavy atom. The van der Waals surface area contributed by atoms with Gasteiger partial charge in [0.25, 0.3) is 5.56 Å². The average Bonchev–Trinajstić information content (AvgIpc) is 2.24. The molecule has 2 nitrogen and oxygen atoms in total. The Kier molecular flexibility index (Phi) is 2.73. The molecule has 1 heterocycles. The number of hydrogen-bond donors (Lipinski definition) is 0. The van der Waals surface area contributed by atoms with Crippen molar-refractivity contribution in [3.63, 3.8) is 0 Å². The Bertz CT molecular complexity index is 531. The zero-order chi connectivity index (χ0) is 10.8. The van der Waals surface area contributed by atoms with Crippen molar-refractivity contribution in [3.05, 3.63) is 57.4 Å². The predicted molar refractivity (Wildman–Crippen MR) is 64.8 cm³/mol. The van der Waals surface area contributed by atoms with Crippen LogP contribution in [0.15, 0.2) is 51.9 Å². The number of nitrogens with zero attached hydrogens (tertiary/aromatic N) is 1. The molecule has 0 radical (unpaired) electrons. The summed E-state index contributed by atoms with van der Waals surface area (Å²) >= 11 is 3.38. The fourth-order valence-electron chi connectivity index (χ4n) is 1.50. The summed E-state index contributed by atoms with van der Waals surface area (Å²) in [7, 11) is 1.75. The highest BCUT2D eigenvalue weighted by Gasteiger charge is 2.05. The van der Waals surface area contributed by atoms with Crippen molar-refractivity contribution in [2.75, 3.05) is 0 Å². The maximum atomic E-state index is 11.9. The van der Waals surface area contributed by atoms with Gasteiger partial charge in [-0.15, -0.1) is 0 Å². The summed E-state index contributed by atoms with van der Waals surface area (Å²) in [5.74, 6) is 0. The second-order valence-electron chi connectivity index (χ2n) is 3.35. The lowest BCUT2D eigenvalue weighted by molar-refractivity contribution is 0.858. The molecule has 15 heavy (non-hydrogen) atoms. The SMILES string of the molecule is Cn1cc(Br)cc(-c2ccccc2)c1=O. The van der Waals surface area contributed by atoms with Gasteiger partial charge in [0.2, 0.25) is 0 Å². The third kappa shape index (κ3) is 2.02. The molecular weight excluding hydrogens is 254 g/mol. The molecule has 0 aliphatic carbocycles. The lowest BCUT2D eigenvalue weighted by atomic mass is 10.1. The molecule has 1 aromatic carbocycles. The summed E-state index contributed by atoms with van der Waals surface area (Å²) in [5, 5.41) is 0. The minimum Gasteiger partial charge on any atom is -0.317 e. The van der Waals surface area contributed by atoms with Crippen molar-refractivity contribution < 1.29 is 0 Å². The van der Waals surface area contributed by atoms with Gasteiger partial charge in [-0.05, 0) is 27.6 Å². The summed E-state index contributed by atoms with van der Waals surface area (Å²) in [5.41, 5.74) is 1.68. The van der Waals surface area contributed by atoms with Gasteiger partial charge in [0.05, 0.1) is 0 Å². The molecule has 0 saturated heterocycles. The molecule has 0 aliphatic heterocycles. The quantitative estimate of drug-likeness (QED) is 0.776. The molecule has 0 fully saturated rings. The summed E-state index contributed by atoms with van der Waals surface area (Å²) in [6.07, 6.45) is 1.76. The highest BCUT2D eigenvalue weighted by Crippen LogP contribution is 2.18. The van der Waals surface area contributed by atoms with Crippen LogP contribution in [-0.2, 0) is 7.05 Å². The van der Waals surface area contributed by atoms with E-state index in [1.165, 1.54) is 0 Å². The van der Waals surface area contributed by atoms with Crippen LogP contribution in [0.3, 0.4) is 0 Å². The average molecular weight is 264 g/mol. The minimum absolute atomic E-state index is 0.0180. The van der Waals surface area contributed by atoms with E-state index in [1.807, 2.05) is 36.4 Å². The van der Waals surface area contributed by atoms with Crippen molar-refractivity contribution in [1.82, 2.24) is 4.57 Å². The number of benzene rings is 1. The molecule has 2 aromatic rings. The molecular formula is C12H10BrNO. The Hall–Kier alpha value is -1.35. The smallest absolute Gasteiger partial charge is 0.258 e. The zero-order valence-electron chi connectivity index (χ0n) is 8.27. The first-order valence-corrected chi connectivity index (χ1v) is 5.39. The van der Waals surface area contributed by atoms with Gasteiger partial charge in [-0.25, -0.2) is 0 Å². The summed E-state index contributed by atoms with van der Waals surface area (Å²) in [6, 6.07) is 11.5. The lowest BCUT2D eigenvalue weighted by Gasteiger charge is -2.04. The summed E-state index contributed by atoms with van der Waals surface area (Å²) in [4.78, 5) is 11.9. The molecule has 0 saturated carbocycles. The van der Waals surface area contributed by atoms with Crippen LogP contribution in [0.2, 0.25) is 0 Å². The first-order valence-electron chi connectivity index (χ1n) is 4.60. The Morgan fingerprint density at radius 2 is 1.87 bits per heavy atom. The van der Waals surface area contributed by atoms with Gasteiger partial charge in [0, 0.05) is 23.3 Å². The fourth-order valence-corrected chi connectivity index (χ4v) is 2.03. The van der Waals surface area contributed by atoms with Crippen molar-refractivity contribution in [3.8, 4) is 11.1 Å². The highest BCUT2D eigenvalue weighted by molar-refractivity contribution is 9.10. The molecule has 1 aromatic heterocycles. The van der Waals surface area contributed by atoms with Gasteiger partial charge < -0.3 is 4.57 Å². The molecule has 0 spiro atoms. The van der Waals surface area contributed by atoms with Crippen LogP contribution in [0.4, 0.5) is 0 Å². The summed E-state index contributed by atoms with van der Waals surface area (Å²) in [6.45, 7) is 0. The number of hydrogen-bond acceptors (Lipinski definition) is 1. The number of aryl methyl sites for hydroxylation is 1. The number of aromatic nitrogens is 1. The van der Waals surface area contributed by atoms with Crippen LogP contribution in [0.1, 0.15) is 0 Å². The van der Waals surface area contributed by atoms with E-state index in [-0.39, 0.29) is 5.56 Å². The topological polar surface area (TPSA) is 22.0 Å². The Balaban J connectivity index is 2.69. The van der Waals surface area contributed by atoms with E-state index in [9.17, 15) is 4.79 Å². The van der Waals surface area contributed by atoms with Crippen LogP contribution in [0, 0.1) is 0 Å². The molecule has 0 N–H and O–H groups in total. The molecule has 0 aliphatic rings. The predicted octanol–water partition coefficient (Wildman–Crippen LogP) is 2.81. The number of rotatable bonds is 1. The van der Waals surface area contributed by atoms with Gasteiger partial charge in [0.15, 0.2) is 0 Å². The molecule has 0 unspecified atom stereocenters. The number of halogens is 1. The number of pyridine rings is 1. The molecule has 2 rings (SSSR count). The first kappa shape index (κ1) is 10.2. The van der Waals surface area contributed by atoms with Crippen LogP contribution >= 0.6 is 15.9 Å². The monoisotopic (exact) mass is 263 g/mol. The van der Waals surface area contributed by atoms with Gasteiger partial charge in [0.1, 0.15) is 0 Å². The fraction of sp³-hybridized carbons (Fsp3) is 0.0833. The van der Waals surface area contributed by atoms with E-state index in [0.29, 0.717) is 5.56 Å². The maximum Gasteiger partial charge on any atom is 0.258 e. The second kappa shape index (κ2) is 4.03. The van der Waals surface area contributed by atoms with Crippen LogP contribution in [0.5, 0.6) is 0 Å². The standard InChI is InChI=1S/C12H10BrNO/c1-14-8-10(13)7-11(12(14)15)9-5-3-2-4-6-9/h2-8H,1H3. The van der Waals surface area contributed by atoms with Gasteiger partial charge in [-0.3, -0.25) is 4.79 Å². The van der Waals surface area contributed by atoms with Crippen LogP contribution < -0.4 is 5.56 Å². The van der Waals surface area contributed by atoms with E-state index < -0.39 is 0 Å². The highest BCUT2D eigenvalue weighted by atomic mass is 79.9. The lowest BCUT2D eigenvalue weighted by Crippen LogP contribution is -2.17. The minimum atomic E-state index is 0.0180. The summed E-state index contributed by atoms with van der Waals surface area (Å²) < 4.78 is 2.48. The van der Waals surface area contributed by atoms with Gasteiger partial charge in [-0.2, -0.15) is 0 Å². The largest absolute Gasteiger partial charge is 0.317 e. The normalized spacial score (nSPS) is 10.3. The van der Waals surface area contributed by atoms with Gasteiger partial charge >= 0.3 is 0 Å². The molecule has 76 valence electrons. The van der Waals surface area contributed by atoms with Crippen LogP contribution in [0.25, 0.3) is 11.1 Å². The zero-order valence-corrected chi connectivity index (χ0v) is 9.86. The molecule has 0 atom stereocenters. The second-order valence-corrected chi connectivity index (χ2v) is 4.27. The Morgan fingerprint density at radius 3 is 2.53 bits per heavy atom. The van der Waals surface area contributed by atoms with E-state index >= 15 is 0 Å². The Labute approximate surface area is 96.3 Å². The van der Waals surface area contributed by atoms with Gasteiger partial charge in [-0.1, -0.05) is 30.3 Å². The van der Waals surface area contributed by atoms with E-state index in [0.717, 1.165) is 10.0 Å². The maximum absolute atomic E-state index is 11.9. The van der Waals surface area contributed by atoms with Crippen molar-refractivity contribution in [1.29, 1.82) is 0 Å². The van der Waals surface area contributed by atoms with Crippen molar-refractivity contribution in [2.45, 2.75) is 0 Å². The van der Waals surface area contributed by atoms with Crippen molar-refractivity contribution >= 4 is 15.9 Å². The molecule has 0 amide bonds. The van der Waals surface area contributed by atoms with E-state index in [1.54, 1.807) is 17.8 Å². The third-order valence-electron chi connectivity index (χ3n) is 2.23.